The fourth-order valence-corrected chi connectivity index (χ4v) is 3.47. The van der Waals surface area contributed by atoms with Crippen LogP contribution in [0.3, 0.4) is 0 Å². The van der Waals surface area contributed by atoms with Gasteiger partial charge in [0, 0.05) is 10.8 Å². The van der Waals surface area contributed by atoms with Crippen LogP contribution in [-0.2, 0) is 6.54 Å². The Hall–Kier alpha value is -2.45. The molecule has 3 rings (SSSR count). The summed E-state index contributed by atoms with van der Waals surface area (Å²) in [6.45, 7) is 3.99. The Balaban J connectivity index is 2.27. The lowest BCUT2D eigenvalue weighted by Gasteiger charge is -2.11. The van der Waals surface area contributed by atoms with Crippen molar-refractivity contribution in [3.63, 3.8) is 0 Å². The summed E-state index contributed by atoms with van der Waals surface area (Å²) in [5.74, 6) is 0.758. The lowest BCUT2D eigenvalue weighted by molar-refractivity contribution is 0.648. The normalized spacial score (nSPS) is 11.0. The van der Waals surface area contributed by atoms with Crippen molar-refractivity contribution in [3.8, 4) is 16.5 Å². The topological polar surface area (TPSA) is 58.7 Å². The molecule has 22 heavy (non-hydrogen) atoms. The molecule has 2 heterocycles. The zero-order valence-electron chi connectivity index (χ0n) is 12.4. The molecule has 0 radical (unpaired) electrons. The first-order valence-electron chi connectivity index (χ1n) is 7.08. The van der Waals surface area contributed by atoms with Crippen molar-refractivity contribution in [1.29, 1.82) is 5.26 Å². The highest BCUT2D eigenvalue weighted by Crippen LogP contribution is 2.31. The van der Waals surface area contributed by atoms with Crippen LogP contribution in [0.4, 0.5) is 0 Å². The van der Waals surface area contributed by atoms with Gasteiger partial charge in [0.2, 0.25) is 0 Å². The van der Waals surface area contributed by atoms with E-state index in [0.717, 1.165) is 15.3 Å². The summed E-state index contributed by atoms with van der Waals surface area (Å²) in [6.07, 6.45) is 0. The average Bonchev–Trinajstić information content (AvgIpc) is 2.95. The number of hydrogen-bond acceptors (Lipinski definition) is 4. The van der Waals surface area contributed by atoms with Crippen LogP contribution in [-0.4, -0.2) is 9.55 Å². The largest absolute Gasteiger partial charge is 0.282 e. The third-order valence-corrected chi connectivity index (χ3v) is 4.56. The van der Waals surface area contributed by atoms with Gasteiger partial charge < -0.3 is 0 Å². The first-order chi connectivity index (χ1) is 10.6. The zero-order chi connectivity index (χ0) is 15.7. The van der Waals surface area contributed by atoms with Crippen molar-refractivity contribution in [2.75, 3.05) is 0 Å². The van der Waals surface area contributed by atoms with Crippen molar-refractivity contribution >= 4 is 21.6 Å². The van der Waals surface area contributed by atoms with Gasteiger partial charge in [0.05, 0.1) is 11.5 Å². The molecular formula is C17H15N3OS. The standard InChI is InChI=1S/C17H15N3OS/c1-11(2)15-19-16-13(17(21)20(15)9-8-18)10-14(22-16)12-6-4-3-5-7-12/h3-7,10-11H,9H2,1-2H3. The maximum atomic E-state index is 12.7. The fraction of sp³-hybridized carbons (Fsp3) is 0.235. The van der Waals surface area contributed by atoms with Crippen LogP contribution in [0.1, 0.15) is 25.6 Å². The minimum atomic E-state index is -0.131. The minimum Gasteiger partial charge on any atom is -0.282 e. The molecule has 3 aromatic rings. The molecule has 0 bridgehead atoms. The van der Waals surface area contributed by atoms with E-state index in [1.165, 1.54) is 15.9 Å². The van der Waals surface area contributed by atoms with E-state index < -0.39 is 0 Å². The molecule has 0 aliphatic heterocycles. The highest BCUT2D eigenvalue weighted by molar-refractivity contribution is 7.21. The molecular weight excluding hydrogens is 294 g/mol. The summed E-state index contributed by atoms with van der Waals surface area (Å²) in [4.78, 5) is 19.1. The molecule has 4 nitrogen and oxygen atoms in total. The van der Waals surface area contributed by atoms with E-state index in [1.54, 1.807) is 0 Å². The van der Waals surface area contributed by atoms with Gasteiger partial charge in [-0.25, -0.2) is 4.98 Å². The Morgan fingerprint density at radius 1 is 1.32 bits per heavy atom. The second kappa shape index (κ2) is 5.74. The predicted octanol–water partition coefficient (Wildman–Crippen LogP) is 3.77. The molecule has 2 aromatic heterocycles. The van der Waals surface area contributed by atoms with Crippen LogP contribution < -0.4 is 5.56 Å². The van der Waals surface area contributed by atoms with Crippen LogP contribution >= 0.6 is 11.3 Å². The Morgan fingerprint density at radius 2 is 2.05 bits per heavy atom. The van der Waals surface area contributed by atoms with E-state index >= 15 is 0 Å². The third-order valence-electron chi connectivity index (χ3n) is 3.48. The molecule has 0 saturated heterocycles. The number of nitrogens with zero attached hydrogens (tertiary/aromatic N) is 3. The van der Waals surface area contributed by atoms with Crippen LogP contribution in [0, 0.1) is 11.3 Å². The van der Waals surface area contributed by atoms with Crippen LogP contribution in [0.2, 0.25) is 0 Å². The fourth-order valence-electron chi connectivity index (χ4n) is 2.44. The quantitative estimate of drug-likeness (QED) is 0.740. The molecule has 0 atom stereocenters. The molecule has 0 aliphatic carbocycles. The van der Waals surface area contributed by atoms with E-state index in [2.05, 4.69) is 4.98 Å². The van der Waals surface area contributed by atoms with Crippen LogP contribution in [0.15, 0.2) is 41.2 Å². The SMILES string of the molecule is CC(C)c1nc2sc(-c3ccccc3)cc2c(=O)n1CC#N. The van der Waals surface area contributed by atoms with E-state index in [-0.39, 0.29) is 18.0 Å². The summed E-state index contributed by atoms with van der Waals surface area (Å²) in [7, 11) is 0. The lowest BCUT2D eigenvalue weighted by atomic mass is 10.1. The summed E-state index contributed by atoms with van der Waals surface area (Å²) < 4.78 is 1.48. The summed E-state index contributed by atoms with van der Waals surface area (Å²) in [6, 6.07) is 13.9. The highest BCUT2D eigenvalue weighted by Gasteiger charge is 2.16. The summed E-state index contributed by atoms with van der Waals surface area (Å²) in [5, 5.41) is 9.56. The second-order valence-electron chi connectivity index (χ2n) is 5.37. The van der Waals surface area contributed by atoms with Crippen molar-refractivity contribution in [3.05, 3.63) is 52.6 Å². The maximum Gasteiger partial charge on any atom is 0.263 e. The predicted molar refractivity (Wildman–Crippen MR) is 89.0 cm³/mol. The van der Waals surface area contributed by atoms with Gasteiger partial charge in [-0.15, -0.1) is 11.3 Å². The van der Waals surface area contributed by atoms with Crippen LogP contribution in [0.25, 0.3) is 20.7 Å². The molecule has 5 heteroatoms. The van der Waals surface area contributed by atoms with E-state index in [0.29, 0.717) is 11.2 Å². The lowest BCUT2D eigenvalue weighted by Crippen LogP contribution is -2.25. The van der Waals surface area contributed by atoms with Crippen molar-refractivity contribution < 1.29 is 0 Å². The molecule has 0 saturated carbocycles. The number of fused-ring (bicyclic) bond motifs is 1. The van der Waals surface area contributed by atoms with Crippen molar-refractivity contribution in [2.45, 2.75) is 26.3 Å². The molecule has 110 valence electrons. The van der Waals surface area contributed by atoms with Gasteiger partial charge in [-0.05, 0) is 11.6 Å². The first kappa shape index (κ1) is 14.5. The molecule has 0 fully saturated rings. The molecule has 1 aromatic carbocycles. The number of nitriles is 1. The average molecular weight is 309 g/mol. The van der Waals surface area contributed by atoms with E-state index in [4.69, 9.17) is 5.26 Å². The number of benzene rings is 1. The summed E-state index contributed by atoms with van der Waals surface area (Å²) >= 11 is 1.52. The molecule has 0 spiro atoms. The van der Waals surface area contributed by atoms with Crippen molar-refractivity contribution in [2.24, 2.45) is 0 Å². The van der Waals surface area contributed by atoms with Gasteiger partial charge >= 0.3 is 0 Å². The third kappa shape index (κ3) is 2.42. The monoisotopic (exact) mass is 309 g/mol. The Labute approximate surface area is 132 Å². The maximum absolute atomic E-state index is 12.7. The van der Waals surface area contributed by atoms with Gasteiger partial charge in [-0.3, -0.25) is 9.36 Å². The smallest absolute Gasteiger partial charge is 0.263 e. The van der Waals surface area contributed by atoms with E-state index in [1.807, 2.05) is 56.3 Å². The summed E-state index contributed by atoms with van der Waals surface area (Å²) in [5.41, 5.74) is 0.941. The van der Waals surface area contributed by atoms with Gasteiger partial charge in [0.15, 0.2) is 0 Å². The number of thiophene rings is 1. The van der Waals surface area contributed by atoms with Gasteiger partial charge in [-0.2, -0.15) is 5.26 Å². The van der Waals surface area contributed by atoms with Crippen LogP contribution in [0.5, 0.6) is 0 Å². The highest BCUT2D eigenvalue weighted by atomic mass is 32.1. The second-order valence-corrected chi connectivity index (χ2v) is 6.40. The van der Waals surface area contributed by atoms with Gasteiger partial charge in [0.25, 0.3) is 5.56 Å². The number of rotatable bonds is 3. The molecule has 0 N–H and O–H groups in total. The Morgan fingerprint density at radius 3 is 2.68 bits per heavy atom. The number of hydrogen-bond donors (Lipinski definition) is 0. The first-order valence-corrected chi connectivity index (χ1v) is 7.90. The molecule has 0 aliphatic rings. The minimum absolute atomic E-state index is 0.0335. The number of aromatic nitrogens is 2. The van der Waals surface area contributed by atoms with Crippen molar-refractivity contribution in [1.82, 2.24) is 9.55 Å². The Kier molecular flexibility index (Phi) is 3.78. The van der Waals surface area contributed by atoms with Gasteiger partial charge in [-0.1, -0.05) is 44.2 Å². The zero-order valence-corrected chi connectivity index (χ0v) is 13.2. The molecule has 0 unspecified atom stereocenters. The van der Waals surface area contributed by atoms with Gasteiger partial charge in [0.1, 0.15) is 17.2 Å². The molecule has 0 amide bonds. The Bertz CT molecular complexity index is 917. The van der Waals surface area contributed by atoms with E-state index in [9.17, 15) is 4.79 Å².